The van der Waals surface area contributed by atoms with E-state index in [1.54, 1.807) is 7.11 Å². The van der Waals surface area contributed by atoms with E-state index < -0.39 is 0 Å². The minimum Gasteiger partial charge on any atom is -0.489 e. The molecule has 1 aromatic carbocycles. The van der Waals surface area contributed by atoms with Crippen LogP contribution in [0.5, 0.6) is 5.75 Å². The van der Waals surface area contributed by atoms with Crippen LogP contribution in [-0.4, -0.2) is 46.0 Å². The monoisotopic (exact) mass is 322 g/mol. The lowest BCUT2D eigenvalue weighted by Gasteiger charge is -2.36. The molecule has 0 aliphatic carbocycles. The summed E-state index contributed by atoms with van der Waals surface area (Å²) >= 11 is 0. The summed E-state index contributed by atoms with van der Waals surface area (Å²) < 4.78 is 10.8. The Morgan fingerprint density at radius 2 is 2.00 bits per heavy atom. The van der Waals surface area contributed by atoms with Gasteiger partial charge < -0.3 is 19.7 Å². The van der Waals surface area contributed by atoms with Gasteiger partial charge in [0.1, 0.15) is 12.4 Å². The molecule has 0 unspecified atom stereocenters. The van der Waals surface area contributed by atoms with Gasteiger partial charge in [0.15, 0.2) is 0 Å². The fourth-order valence-electron chi connectivity index (χ4n) is 2.25. The van der Waals surface area contributed by atoms with Gasteiger partial charge in [0, 0.05) is 32.8 Å². The molecule has 1 aromatic rings. The maximum atomic E-state index is 5.79. The maximum absolute atomic E-state index is 5.79. The van der Waals surface area contributed by atoms with Gasteiger partial charge in [-0.2, -0.15) is 0 Å². The summed E-state index contributed by atoms with van der Waals surface area (Å²) in [6.07, 6.45) is 0. The summed E-state index contributed by atoms with van der Waals surface area (Å²) in [5.41, 5.74) is 1.18. The first kappa shape index (κ1) is 19.3. The van der Waals surface area contributed by atoms with Crippen molar-refractivity contribution in [2.45, 2.75) is 13.0 Å². The van der Waals surface area contributed by atoms with Crippen LogP contribution >= 0.6 is 24.8 Å². The number of hydrogen-bond donors (Lipinski definition) is 1. The number of halogens is 2. The van der Waals surface area contributed by atoms with Gasteiger partial charge in [0.05, 0.1) is 12.3 Å². The third-order valence-electron chi connectivity index (χ3n) is 3.22. The molecule has 1 fully saturated rings. The molecule has 0 spiro atoms. The van der Waals surface area contributed by atoms with E-state index in [1.807, 2.05) is 12.1 Å². The highest BCUT2D eigenvalue weighted by atomic mass is 35.5. The van der Waals surface area contributed by atoms with Crippen LogP contribution in [0.2, 0.25) is 0 Å². The molecule has 0 aromatic heterocycles. The molecular formula is C14H24Cl2N2O2. The summed E-state index contributed by atoms with van der Waals surface area (Å²) in [5, 5.41) is 3.40. The Bertz CT molecular complexity index is 380. The zero-order valence-corrected chi connectivity index (χ0v) is 13.6. The minimum absolute atomic E-state index is 0. The van der Waals surface area contributed by atoms with Gasteiger partial charge in [-0.3, -0.25) is 0 Å². The van der Waals surface area contributed by atoms with Crippen molar-refractivity contribution in [1.82, 2.24) is 5.32 Å². The minimum atomic E-state index is 0. The van der Waals surface area contributed by atoms with Gasteiger partial charge in [0.25, 0.3) is 0 Å². The number of piperazine rings is 1. The third-order valence-corrected chi connectivity index (χ3v) is 3.22. The molecule has 1 heterocycles. The quantitative estimate of drug-likeness (QED) is 0.844. The predicted molar refractivity (Wildman–Crippen MR) is 88.0 cm³/mol. The number of ether oxygens (including phenoxy) is 2. The lowest BCUT2D eigenvalue weighted by atomic mass is 10.1. The van der Waals surface area contributed by atoms with Crippen LogP contribution in [0.15, 0.2) is 24.3 Å². The zero-order valence-electron chi connectivity index (χ0n) is 12.0. The Hall–Kier alpha value is -0.680. The highest BCUT2D eigenvalue weighted by Crippen LogP contribution is 2.29. The Balaban J connectivity index is 0.00000180. The van der Waals surface area contributed by atoms with Crippen molar-refractivity contribution in [3.8, 4) is 5.75 Å². The molecule has 1 atom stereocenters. The number of nitrogens with one attached hydrogen (secondary N) is 1. The molecule has 1 aliphatic heterocycles. The molecule has 0 saturated carbocycles. The van der Waals surface area contributed by atoms with E-state index in [0.29, 0.717) is 19.3 Å². The average molecular weight is 323 g/mol. The van der Waals surface area contributed by atoms with E-state index in [4.69, 9.17) is 9.47 Å². The molecule has 116 valence electrons. The number of rotatable bonds is 5. The van der Waals surface area contributed by atoms with E-state index in [9.17, 15) is 0 Å². The van der Waals surface area contributed by atoms with Crippen molar-refractivity contribution in [3.05, 3.63) is 24.3 Å². The first-order valence-electron chi connectivity index (χ1n) is 6.51. The fraction of sp³-hybridized carbons (Fsp3) is 0.571. The SMILES string of the molecule is COCCOc1ccccc1N1CCNC[C@H]1C.Cl.Cl. The zero-order chi connectivity index (χ0) is 12.8. The number of benzene rings is 1. The van der Waals surface area contributed by atoms with Gasteiger partial charge in [0.2, 0.25) is 0 Å². The first-order chi connectivity index (χ1) is 8.83. The number of para-hydroxylation sites is 2. The molecule has 4 nitrogen and oxygen atoms in total. The molecule has 20 heavy (non-hydrogen) atoms. The highest BCUT2D eigenvalue weighted by molar-refractivity contribution is 5.85. The van der Waals surface area contributed by atoms with E-state index >= 15 is 0 Å². The molecule has 1 aliphatic rings. The van der Waals surface area contributed by atoms with Crippen LogP contribution in [0, 0.1) is 0 Å². The Labute approximate surface area is 133 Å². The summed E-state index contributed by atoms with van der Waals surface area (Å²) in [4.78, 5) is 2.40. The number of anilines is 1. The van der Waals surface area contributed by atoms with Crippen molar-refractivity contribution >= 4 is 30.5 Å². The van der Waals surface area contributed by atoms with Gasteiger partial charge in [-0.15, -0.1) is 24.8 Å². The normalized spacial score (nSPS) is 17.9. The Morgan fingerprint density at radius 3 is 2.70 bits per heavy atom. The molecular weight excluding hydrogens is 299 g/mol. The van der Waals surface area contributed by atoms with Crippen LogP contribution in [0.3, 0.4) is 0 Å². The molecule has 0 radical (unpaired) electrons. The van der Waals surface area contributed by atoms with Gasteiger partial charge in [-0.25, -0.2) is 0 Å². The van der Waals surface area contributed by atoms with E-state index in [-0.39, 0.29) is 24.8 Å². The van der Waals surface area contributed by atoms with Crippen LogP contribution in [0.25, 0.3) is 0 Å². The largest absolute Gasteiger partial charge is 0.489 e. The Morgan fingerprint density at radius 1 is 1.25 bits per heavy atom. The summed E-state index contributed by atoms with van der Waals surface area (Å²) in [7, 11) is 1.69. The highest BCUT2D eigenvalue weighted by Gasteiger charge is 2.20. The standard InChI is InChI=1S/C14H22N2O2.2ClH/c1-12-11-15-7-8-16(12)13-5-3-4-6-14(13)18-10-9-17-2;;/h3-6,12,15H,7-11H2,1-2H3;2*1H/t12-;;/m1../s1. The third kappa shape index (κ3) is 5.02. The molecule has 1 N–H and O–H groups in total. The van der Waals surface area contributed by atoms with Crippen molar-refractivity contribution in [2.75, 3.05) is 44.9 Å². The fourth-order valence-corrected chi connectivity index (χ4v) is 2.25. The maximum Gasteiger partial charge on any atom is 0.142 e. The second-order valence-corrected chi connectivity index (χ2v) is 4.56. The topological polar surface area (TPSA) is 33.7 Å². The van der Waals surface area contributed by atoms with E-state index in [0.717, 1.165) is 25.4 Å². The van der Waals surface area contributed by atoms with Crippen molar-refractivity contribution < 1.29 is 9.47 Å². The molecule has 0 bridgehead atoms. The van der Waals surface area contributed by atoms with Gasteiger partial charge in [-0.05, 0) is 19.1 Å². The summed E-state index contributed by atoms with van der Waals surface area (Å²) in [5.74, 6) is 0.948. The summed E-state index contributed by atoms with van der Waals surface area (Å²) in [6, 6.07) is 8.72. The van der Waals surface area contributed by atoms with Crippen LogP contribution in [0.1, 0.15) is 6.92 Å². The molecule has 6 heteroatoms. The second kappa shape index (κ2) is 10.1. The van der Waals surface area contributed by atoms with Gasteiger partial charge in [-0.1, -0.05) is 12.1 Å². The second-order valence-electron chi connectivity index (χ2n) is 4.56. The predicted octanol–water partition coefficient (Wildman–Crippen LogP) is 2.35. The van der Waals surface area contributed by atoms with Crippen LogP contribution in [0.4, 0.5) is 5.69 Å². The number of methoxy groups -OCH3 is 1. The van der Waals surface area contributed by atoms with Crippen molar-refractivity contribution in [1.29, 1.82) is 0 Å². The van der Waals surface area contributed by atoms with E-state index in [1.165, 1.54) is 5.69 Å². The van der Waals surface area contributed by atoms with Crippen LogP contribution < -0.4 is 15.0 Å². The average Bonchev–Trinajstić information content (AvgIpc) is 2.40. The smallest absolute Gasteiger partial charge is 0.142 e. The first-order valence-corrected chi connectivity index (χ1v) is 6.51. The number of nitrogens with zero attached hydrogens (tertiary/aromatic N) is 1. The molecule has 2 rings (SSSR count). The van der Waals surface area contributed by atoms with Gasteiger partial charge >= 0.3 is 0 Å². The van der Waals surface area contributed by atoms with Crippen molar-refractivity contribution in [3.63, 3.8) is 0 Å². The Kier molecular flexibility index (Phi) is 9.76. The van der Waals surface area contributed by atoms with Crippen LogP contribution in [-0.2, 0) is 4.74 Å². The molecule has 0 amide bonds. The summed E-state index contributed by atoms with van der Waals surface area (Å²) in [6.45, 7) is 6.51. The lowest BCUT2D eigenvalue weighted by molar-refractivity contribution is 0.146. The number of hydrogen-bond acceptors (Lipinski definition) is 4. The molecule has 1 saturated heterocycles. The lowest BCUT2D eigenvalue weighted by Crippen LogP contribution is -2.50. The van der Waals surface area contributed by atoms with Crippen molar-refractivity contribution in [2.24, 2.45) is 0 Å². The van der Waals surface area contributed by atoms with E-state index in [2.05, 4.69) is 29.3 Å².